The van der Waals surface area contributed by atoms with Crippen LogP contribution in [0.15, 0.2) is 66.7 Å². The molecule has 0 spiro atoms. The van der Waals surface area contributed by atoms with Gasteiger partial charge in [0.2, 0.25) is 0 Å². The quantitative estimate of drug-likeness (QED) is 0.151. The lowest BCUT2D eigenvalue weighted by molar-refractivity contribution is 0.0625. The highest BCUT2D eigenvalue weighted by Gasteiger charge is 2.38. The summed E-state index contributed by atoms with van der Waals surface area (Å²) in [5.41, 5.74) is -4.22. The third kappa shape index (κ3) is 6.26. The summed E-state index contributed by atoms with van der Waals surface area (Å²) in [6.07, 6.45) is 0. The normalized spacial score (nSPS) is 13.0. The number of methoxy groups -OCH3 is 1. The van der Waals surface area contributed by atoms with Gasteiger partial charge < -0.3 is 20.3 Å². The smallest absolute Gasteiger partial charge is 0.251 e. The van der Waals surface area contributed by atoms with Gasteiger partial charge >= 0.3 is 0 Å². The molecule has 0 aliphatic heterocycles. The molecular weight excluding hydrogens is 642 g/mol. The summed E-state index contributed by atoms with van der Waals surface area (Å²) in [4.78, 5) is 22.3. The fourth-order valence-corrected chi connectivity index (χ4v) is 5.36. The van der Waals surface area contributed by atoms with Crippen LogP contribution in [0.1, 0.15) is 46.7 Å². The van der Waals surface area contributed by atoms with Crippen molar-refractivity contribution in [3.63, 3.8) is 0 Å². The Morgan fingerprint density at radius 1 is 0.935 bits per heavy atom. The second kappa shape index (κ2) is 12.5. The maximum Gasteiger partial charge on any atom is 0.251 e. The van der Waals surface area contributed by atoms with Crippen molar-refractivity contribution in [1.29, 1.82) is 0 Å². The average molecular weight is 671 g/mol. The first-order valence-corrected chi connectivity index (χ1v) is 14.7. The number of pyridine rings is 2. The first-order chi connectivity index (χ1) is 21.6. The lowest BCUT2D eigenvalue weighted by Gasteiger charge is -2.31. The molecular formula is C34H28Cl2F3N3O4. The fraction of sp³-hybridized carbons (Fsp3) is 0.206. The molecule has 0 unspecified atom stereocenters. The van der Waals surface area contributed by atoms with Gasteiger partial charge in [-0.05, 0) is 56.7 Å². The van der Waals surface area contributed by atoms with E-state index in [1.54, 1.807) is 49.4 Å². The first-order valence-electron chi connectivity index (χ1n) is 13.9. The number of carbonyl (C=O) groups is 1. The molecule has 1 atom stereocenters. The molecule has 1 amide bonds. The highest BCUT2D eigenvalue weighted by Crippen LogP contribution is 2.38. The number of benzene rings is 3. The van der Waals surface area contributed by atoms with Crippen LogP contribution in [0.4, 0.5) is 13.2 Å². The molecule has 2 heterocycles. The number of nitrogens with zero attached hydrogens (tertiary/aromatic N) is 2. The van der Waals surface area contributed by atoms with E-state index in [0.29, 0.717) is 33.4 Å². The van der Waals surface area contributed by atoms with Gasteiger partial charge in [0.05, 0.1) is 40.7 Å². The molecule has 0 radical (unpaired) electrons. The topological polar surface area (TPSA) is 105 Å². The van der Waals surface area contributed by atoms with Crippen molar-refractivity contribution in [2.75, 3.05) is 13.7 Å². The summed E-state index contributed by atoms with van der Waals surface area (Å²) < 4.78 is 50.4. The number of rotatable bonds is 8. The number of aliphatic hydroxyl groups is 2. The van der Waals surface area contributed by atoms with Crippen molar-refractivity contribution in [1.82, 2.24) is 15.3 Å². The molecule has 12 heteroatoms. The molecule has 0 aliphatic rings. The fourth-order valence-electron chi connectivity index (χ4n) is 5.04. The van der Waals surface area contributed by atoms with E-state index in [1.807, 2.05) is 0 Å². The second-order valence-corrected chi connectivity index (χ2v) is 12.1. The van der Waals surface area contributed by atoms with E-state index in [1.165, 1.54) is 27.0 Å². The monoisotopic (exact) mass is 669 g/mol. The molecule has 238 valence electrons. The van der Waals surface area contributed by atoms with E-state index in [4.69, 9.17) is 27.9 Å². The van der Waals surface area contributed by atoms with Gasteiger partial charge in [-0.2, -0.15) is 0 Å². The van der Waals surface area contributed by atoms with Gasteiger partial charge in [-0.15, -0.1) is 0 Å². The third-order valence-electron chi connectivity index (χ3n) is 7.56. The lowest BCUT2D eigenvalue weighted by atomic mass is 9.86. The number of carbonyl (C=O) groups excluding carboxylic acids is 1. The number of ether oxygens (including phenoxy) is 1. The van der Waals surface area contributed by atoms with Gasteiger partial charge in [-0.3, -0.25) is 4.79 Å². The molecule has 0 bridgehead atoms. The Balaban J connectivity index is 1.64. The Morgan fingerprint density at radius 3 is 2.28 bits per heavy atom. The van der Waals surface area contributed by atoms with Crippen LogP contribution in [0, 0.1) is 24.4 Å². The van der Waals surface area contributed by atoms with E-state index in [0.717, 1.165) is 12.1 Å². The van der Waals surface area contributed by atoms with Crippen molar-refractivity contribution in [3.8, 4) is 17.0 Å². The lowest BCUT2D eigenvalue weighted by Crippen LogP contribution is -2.42. The van der Waals surface area contributed by atoms with Crippen LogP contribution >= 0.6 is 23.2 Å². The first kappa shape index (κ1) is 33.2. The minimum absolute atomic E-state index is 0.162. The van der Waals surface area contributed by atoms with E-state index in [-0.39, 0.29) is 22.4 Å². The third-order valence-corrected chi connectivity index (χ3v) is 8.23. The molecule has 0 saturated carbocycles. The highest BCUT2D eigenvalue weighted by atomic mass is 35.5. The van der Waals surface area contributed by atoms with Gasteiger partial charge in [-0.1, -0.05) is 53.5 Å². The predicted octanol–water partition coefficient (Wildman–Crippen LogP) is 7.23. The van der Waals surface area contributed by atoms with Crippen LogP contribution in [0.3, 0.4) is 0 Å². The number of aryl methyl sites for hydroxylation is 1. The van der Waals surface area contributed by atoms with Crippen LogP contribution < -0.4 is 10.1 Å². The SMILES string of the molecule is COc1cc(C(=O)NC[C@@](O)(c2ccccc2)c2cc(C(C)(C)O)c(F)c(-c3cc(Cl)c(F)cc3F)n2)cc2cc(Cl)c(C)nc12. The molecule has 3 N–H and O–H groups in total. The minimum Gasteiger partial charge on any atom is -0.494 e. The summed E-state index contributed by atoms with van der Waals surface area (Å²) in [5, 5.41) is 26.3. The standard InChI is InChI=1S/C34H28Cl2F3N3O4/c1-17-23(35)11-18-10-19(12-27(46-4)30(18)41-17)32(43)40-16-34(45,20-8-6-5-7-9-20)28-14-22(33(2,3)44)29(39)31(42-28)21-13-24(36)26(38)15-25(21)37/h5-15,44-45H,16H2,1-4H3,(H,40,43)/t34-/m1/s1. The van der Waals surface area contributed by atoms with Gasteiger partial charge in [-0.25, -0.2) is 23.1 Å². The number of fused-ring (bicyclic) bond motifs is 1. The maximum absolute atomic E-state index is 15.9. The number of aromatic nitrogens is 2. The predicted molar refractivity (Wildman–Crippen MR) is 170 cm³/mol. The van der Waals surface area contributed by atoms with E-state index in [2.05, 4.69) is 15.3 Å². The van der Waals surface area contributed by atoms with E-state index in [9.17, 15) is 19.4 Å². The van der Waals surface area contributed by atoms with Crippen molar-refractivity contribution in [3.05, 3.63) is 122 Å². The molecule has 5 aromatic rings. The van der Waals surface area contributed by atoms with Crippen LogP contribution in [-0.2, 0) is 11.2 Å². The second-order valence-electron chi connectivity index (χ2n) is 11.2. The summed E-state index contributed by atoms with van der Waals surface area (Å²) in [7, 11) is 1.44. The maximum atomic E-state index is 15.9. The highest BCUT2D eigenvalue weighted by molar-refractivity contribution is 6.32. The number of nitrogens with one attached hydrogen (secondary N) is 1. The zero-order chi connectivity index (χ0) is 33.6. The number of hydrogen-bond acceptors (Lipinski definition) is 6. The molecule has 5 rings (SSSR count). The average Bonchev–Trinajstić information content (AvgIpc) is 3.01. The van der Waals surface area contributed by atoms with Gasteiger partial charge in [0, 0.05) is 28.1 Å². The molecule has 0 saturated heterocycles. The Bertz CT molecular complexity index is 1990. The largest absolute Gasteiger partial charge is 0.494 e. The molecule has 0 fully saturated rings. The molecule has 3 aromatic carbocycles. The van der Waals surface area contributed by atoms with Crippen molar-refractivity contribution >= 4 is 40.0 Å². The molecule has 46 heavy (non-hydrogen) atoms. The summed E-state index contributed by atoms with van der Waals surface area (Å²) in [6, 6.07) is 15.3. The number of halogens is 5. The van der Waals surface area contributed by atoms with Crippen molar-refractivity contribution < 1.29 is 32.9 Å². The Morgan fingerprint density at radius 2 is 1.63 bits per heavy atom. The minimum atomic E-state index is -2.15. The Labute approximate surface area is 272 Å². The zero-order valence-corrected chi connectivity index (χ0v) is 26.6. The van der Waals surface area contributed by atoms with Crippen LogP contribution in [0.2, 0.25) is 10.0 Å². The van der Waals surface area contributed by atoms with Gasteiger partial charge in [0.1, 0.15) is 34.2 Å². The van der Waals surface area contributed by atoms with Crippen LogP contribution in [0.5, 0.6) is 5.75 Å². The summed E-state index contributed by atoms with van der Waals surface area (Å²) >= 11 is 12.2. The number of amides is 1. The molecule has 7 nitrogen and oxygen atoms in total. The van der Waals surface area contributed by atoms with Gasteiger partial charge in [0.15, 0.2) is 5.82 Å². The van der Waals surface area contributed by atoms with E-state index >= 15 is 8.78 Å². The summed E-state index contributed by atoms with van der Waals surface area (Å²) in [6.45, 7) is 3.83. The van der Waals surface area contributed by atoms with E-state index < -0.39 is 57.4 Å². The molecule has 0 aliphatic carbocycles. The number of hydrogen-bond donors (Lipinski definition) is 3. The van der Waals surface area contributed by atoms with Gasteiger partial charge in [0.25, 0.3) is 5.91 Å². The van der Waals surface area contributed by atoms with Crippen LogP contribution in [0.25, 0.3) is 22.2 Å². The Hall–Kier alpha value is -4.22. The molecule has 2 aromatic heterocycles. The van der Waals surface area contributed by atoms with Crippen molar-refractivity contribution in [2.24, 2.45) is 0 Å². The van der Waals surface area contributed by atoms with Crippen LogP contribution in [-0.4, -0.2) is 39.7 Å². The zero-order valence-electron chi connectivity index (χ0n) is 25.1. The van der Waals surface area contributed by atoms with Crippen molar-refractivity contribution in [2.45, 2.75) is 32.0 Å². The Kier molecular flexibility index (Phi) is 9.03. The summed E-state index contributed by atoms with van der Waals surface area (Å²) in [5.74, 6) is -3.64.